The third kappa shape index (κ3) is 4.79. The molecule has 0 spiro atoms. The standard InChI is InChI=1S/C13H15F3N2O/c1-18-9-10-4-5-12(19-7-3-2-6-17)11(8-10)13(14,15)16/h4-5,8,18H,2-3,7,9H2,1H3. The molecule has 0 unspecified atom stereocenters. The molecular weight excluding hydrogens is 257 g/mol. The Morgan fingerprint density at radius 2 is 2.11 bits per heavy atom. The van der Waals surface area contributed by atoms with E-state index in [1.165, 1.54) is 6.07 Å². The number of unbranched alkanes of at least 4 members (excludes halogenated alkanes) is 1. The summed E-state index contributed by atoms with van der Waals surface area (Å²) in [6.45, 7) is 0.458. The molecule has 0 aliphatic heterocycles. The Morgan fingerprint density at radius 1 is 1.37 bits per heavy atom. The molecule has 1 aromatic rings. The van der Waals surface area contributed by atoms with Gasteiger partial charge in [-0.05, 0) is 31.2 Å². The van der Waals surface area contributed by atoms with Crippen molar-refractivity contribution in [3.8, 4) is 11.8 Å². The molecular formula is C13H15F3N2O. The first kappa shape index (κ1) is 15.3. The van der Waals surface area contributed by atoms with Gasteiger partial charge in [-0.2, -0.15) is 18.4 Å². The highest BCUT2D eigenvalue weighted by molar-refractivity contribution is 5.39. The molecule has 1 aromatic carbocycles. The van der Waals surface area contributed by atoms with Crippen LogP contribution in [-0.2, 0) is 12.7 Å². The zero-order valence-corrected chi connectivity index (χ0v) is 10.5. The fraction of sp³-hybridized carbons (Fsp3) is 0.462. The highest BCUT2D eigenvalue weighted by atomic mass is 19.4. The number of rotatable bonds is 6. The zero-order valence-electron chi connectivity index (χ0n) is 10.5. The van der Waals surface area contributed by atoms with Gasteiger partial charge >= 0.3 is 6.18 Å². The van der Waals surface area contributed by atoms with Crippen molar-refractivity contribution in [1.82, 2.24) is 5.32 Å². The topological polar surface area (TPSA) is 45.0 Å². The minimum absolute atomic E-state index is 0.0992. The molecule has 0 saturated carbocycles. The van der Waals surface area contributed by atoms with E-state index in [1.54, 1.807) is 13.1 Å². The minimum Gasteiger partial charge on any atom is -0.493 e. The molecule has 3 nitrogen and oxygen atoms in total. The van der Waals surface area contributed by atoms with E-state index in [9.17, 15) is 13.2 Å². The third-order valence-corrected chi connectivity index (χ3v) is 2.42. The number of nitriles is 1. The highest BCUT2D eigenvalue weighted by Gasteiger charge is 2.34. The maximum Gasteiger partial charge on any atom is 0.419 e. The molecule has 0 aliphatic carbocycles. The van der Waals surface area contributed by atoms with Crippen LogP contribution < -0.4 is 10.1 Å². The van der Waals surface area contributed by atoms with E-state index in [4.69, 9.17) is 10.00 Å². The van der Waals surface area contributed by atoms with Gasteiger partial charge in [0.2, 0.25) is 0 Å². The van der Waals surface area contributed by atoms with Gasteiger partial charge in [0.05, 0.1) is 18.2 Å². The lowest BCUT2D eigenvalue weighted by Gasteiger charge is -2.15. The first-order valence-electron chi connectivity index (χ1n) is 5.83. The first-order chi connectivity index (χ1) is 8.99. The average molecular weight is 272 g/mol. The lowest BCUT2D eigenvalue weighted by atomic mass is 10.1. The van der Waals surface area contributed by atoms with Gasteiger partial charge in [-0.15, -0.1) is 0 Å². The van der Waals surface area contributed by atoms with E-state index >= 15 is 0 Å². The smallest absolute Gasteiger partial charge is 0.419 e. The summed E-state index contributed by atoms with van der Waals surface area (Å²) in [7, 11) is 1.67. The summed E-state index contributed by atoms with van der Waals surface area (Å²) >= 11 is 0. The molecule has 0 saturated heterocycles. The predicted molar refractivity (Wildman–Crippen MR) is 64.5 cm³/mol. The fourth-order valence-corrected chi connectivity index (χ4v) is 1.57. The number of nitrogens with zero attached hydrogens (tertiary/aromatic N) is 1. The SMILES string of the molecule is CNCc1ccc(OCCCC#N)c(C(F)(F)F)c1. The Hall–Kier alpha value is -1.74. The van der Waals surface area contributed by atoms with Gasteiger partial charge in [-0.25, -0.2) is 0 Å². The van der Waals surface area contributed by atoms with Crippen molar-refractivity contribution in [3.05, 3.63) is 29.3 Å². The van der Waals surface area contributed by atoms with Gasteiger partial charge in [-0.1, -0.05) is 6.07 Å². The summed E-state index contributed by atoms with van der Waals surface area (Å²) in [4.78, 5) is 0. The maximum atomic E-state index is 12.9. The van der Waals surface area contributed by atoms with Gasteiger partial charge in [0, 0.05) is 13.0 Å². The van der Waals surface area contributed by atoms with Crippen LogP contribution in [0.1, 0.15) is 24.0 Å². The number of hydrogen-bond donors (Lipinski definition) is 1. The molecule has 0 atom stereocenters. The number of alkyl halides is 3. The van der Waals surface area contributed by atoms with Gasteiger partial charge < -0.3 is 10.1 Å². The number of halogens is 3. The maximum absolute atomic E-state index is 12.9. The lowest BCUT2D eigenvalue weighted by molar-refractivity contribution is -0.139. The molecule has 0 aromatic heterocycles. The van der Waals surface area contributed by atoms with Crippen molar-refractivity contribution in [2.45, 2.75) is 25.6 Å². The molecule has 0 bridgehead atoms. The molecule has 1 N–H and O–H groups in total. The molecule has 104 valence electrons. The Morgan fingerprint density at radius 3 is 2.68 bits per heavy atom. The van der Waals surface area contributed by atoms with Gasteiger partial charge in [0.25, 0.3) is 0 Å². The van der Waals surface area contributed by atoms with Crippen LogP contribution in [0.5, 0.6) is 5.75 Å². The third-order valence-electron chi connectivity index (χ3n) is 2.42. The van der Waals surface area contributed by atoms with Crippen LogP contribution >= 0.6 is 0 Å². The van der Waals surface area contributed by atoms with Crippen molar-refractivity contribution < 1.29 is 17.9 Å². The summed E-state index contributed by atoms with van der Waals surface area (Å²) in [5.74, 6) is -0.190. The van der Waals surface area contributed by atoms with Crippen LogP contribution in [0.15, 0.2) is 18.2 Å². The van der Waals surface area contributed by atoms with Crippen LogP contribution in [0.3, 0.4) is 0 Å². The Bertz CT molecular complexity index is 452. The first-order valence-corrected chi connectivity index (χ1v) is 5.83. The lowest BCUT2D eigenvalue weighted by Crippen LogP contribution is -2.12. The van der Waals surface area contributed by atoms with Gasteiger partial charge in [0.15, 0.2) is 0 Å². The van der Waals surface area contributed by atoms with E-state index in [1.807, 2.05) is 6.07 Å². The number of hydrogen-bond acceptors (Lipinski definition) is 3. The van der Waals surface area contributed by atoms with E-state index < -0.39 is 11.7 Å². The largest absolute Gasteiger partial charge is 0.493 e. The van der Waals surface area contributed by atoms with Crippen LogP contribution in [0, 0.1) is 11.3 Å². The average Bonchev–Trinajstić information content (AvgIpc) is 2.35. The van der Waals surface area contributed by atoms with E-state index in [-0.39, 0.29) is 18.8 Å². The molecule has 19 heavy (non-hydrogen) atoms. The molecule has 0 amide bonds. The second-order valence-electron chi connectivity index (χ2n) is 3.97. The van der Waals surface area contributed by atoms with Crippen LogP contribution in [-0.4, -0.2) is 13.7 Å². The molecule has 0 radical (unpaired) electrons. The Kier molecular flexibility index (Phi) is 5.64. The summed E-state index contributed by atoms with van der Waals surface area (Å²) in [6.07, 6.45) is -3.78. The van der Waals surface area contributed by atoms with Crippen LogP contribution in [0.4, 0.5) is 13.2 Å². The van der Waals surface area contributed by atoms with E-state index in [2.05, 4.69) is 5.32 Å². The van der Waals surface area contributed by atoms with Gasteiger partial charge in [0.1, 0.15) is 5.75 Å². The number of ether oxygens (including phenoxy) is 1. The van der Waals surface area contributed by atoms with Crippen LogP contribution in [0.25, 0.3) is 0 Å². The van der Waals surface area contributed by atoms with E-state index in [0.29, 0.717) is 18.5 Å². The van der Waals surface area contributed by atoms with Crippen molar-refractivity contribution >= 4 is 0 Å². The molecule has 1 rings (SSSR count). The summed E-state index contributed by atoms with van der Waals surface area (Å²) in [5.41, 5.74) is -0.239. The number of nitrogens with one attached hydrogen (secondary N) is 1. The fourth-order valence-electron chi connectivity index (χ4n) is 1.57. The monoisotopic (exact) mass is 272 g/mol. The molecule has 0 aliphatic rings. The Balaban J connectivity index is 2.87. The minimum atomic E-state index is -4.45. The second-order valence-corrected chi connectivity index (χ2v) is 3.97. The zero-order chi connectivity index (χ0) is 14.3. The van der Waals surface area contributed by atoms with Crippen molar-refractivity contribution in [2.24, 2.45) is 0 Å². The summed E-state index contributed by atoms with van der Waals surface area (Å²) in [5, 5.41) is 11.1. The van der Waals surface area contributed by atoms with Crippen molar-refractivity contribution in [3.63, 3.8) is 0 Å². The number of benzene rings is 1. The van der Waals surface area contributed by atoms with E-state index in [0.717, 1.165) is 6.07 Å². The summed E-state index contributed by atoms with van der Waals surface area (Å²) < 4.78 is 43.8. The Labute approximate surface area is 110 Å². The highest BCUT2D eigenvalue weighted by Crippen LogP contribution is 2.36. The second kappa shape index (κ2) is 7.00. The molecule has 0 heterocycles. The molecule has 0 fully saturated rings. The summed E-state index contributed by atoms with van der Waals surface area (Å²) in [6, 6.07) is 5.90. The molecule has 6 heteroatoms. The van der Waals surface area contributed by atoms with Gasteiger partial charge in [-0.3, -0.25) is 0 Å². The quantitative estimate of drug-likeness (QED) is 0.809. The van der Waals surface area contributed by atoms with Crippen LogP contribution in [0.2, 0.25) is 0 Å². The van der Waals surface area contributed by atoms with Crippen molar-refractivity contribution in [1.29, 1.82) is 5.26 Å². The normalized spacial score (nSPS) is 11.1. The predicted octanol–water partition coefficient (Wildman–Crippen LogP) is 3.11. The van der Waals surface area contributed by atoms with Crippen molar-refractivity contribution in [2.75, 3.05) is 13.7 Å².